The molecule has 0 fully saturated rings. The number of rotatable bonds is 4. The molecule has 0 radical (unpaired) electrons. The van der Waals surface area contributed by atoms with E-state index in [0.29, 0.717) is 10.8 Å². The molecule has 1 aromatic carbocycles. The second-order valence-electron chi connectivity index (χ2n) is 4.69. The molecule has 0 aromatic heterocycles. The Kier molecular flexibility index (Phi) is 4.98. The first kappa shape index (κ1) is 14.8. The van der Waals surface area contributed by atoms with Crippen LogP contribution in [0.1, 0.15) is 45.6 Å². The van der Waals surface area contributed by atoms with Gasteiger partial charge < -0.3 is 0 Å². The van der Waals surface area contributed by atoms with Gasteiger partial charge in [0, 0.05) is 6.42 Å². The number of benzene rings is 1. The van der Waals surface area contributed by atoms with Crippen molar-refractivity contribution in [1.29, 1.82) is 0 Å². The molecule has 3 heteroatoms. The van der Waals surface area contributed by atoms with E-state index in [1.165, 1.54) is 0 Å². The van der Waals surface area contributed by atoms with Crippen molar-refractivity contribution in [3.05, 3.63) is 29.8 Å². The molecule has 0 heterocycles. The summed E-state index contributed by atoms with van der Waals surface area (Å²) in [7, 11) is -3.16. The van der Waals surface area contributed by atoms with Crippen molar-refractivity contribution in [3.63, 3.8) is 0 Å². The lowest BCUT2D eigenvalue weighted by molar-refractivity contribution is 0.587. The maximum Gasteiger partial charge on any atom is 0.180 e. The molecule has 0 aliphatic carbocycles. The zero-order chi connectivity index (χ0) is 13.8. The Bertz CT molecular complexity index is 542. The Morgan fingerprint density at radius 1 is 1.11 bits per heavy atom. The minimum atomic E-state index is -3.16. The number of sulfone groups is 1. The standard InChI is InChI=1S/C15H20O2S/c1-5-6-7-13(4)14-8-10-15(11-9-14)18(16,17)12(2)3/h8-13H,7H2,1-4H3. The molecule has 0 saturated heterocycles. The van der Waals surface area contributed by atoms with Crippen LogP contribution in [0.3, 0.4) is 0 Å². The van der Waals surface area contributed by atoms with E-state index in [9.17, 15) is 8.42 Å². The van der Waals surface area contributed by atoms with E-state index < -0.39 is 9.84 Å². The average molecular weight is 264 g/mol. The van der Waals surface area contributed by atoms with Crippen LogP contribution in [-0.4, -0.2) is 13.7 Å². The molecule has 98 valence electrons. The maximum atomic E-state index is 12.0. The van der Waals surface area contributed by atoms with Crippen molar-refractivity contribution in [2.24, 2.45) is 0 Å². The molecule has 0 aliphatic heterocycles. The first-order valence-corrected chi connectivity index (χ1v) is 7.67. The van der Waals surface area contributed by atoms with Crippen molar-refractivity contribution < 1.29 is 8.42 Å². The van der Waals surface area contributed by atoms with Crippen LogP contribution in [-0.2, 0) is 9.84 Å². The zero-order valence-corrected chi connectivity index (χ0v) is 12.2. The first-order valence-electron chi connectivity index (χ1n) is 6.13. The fraction of sp³-hybridized carbons (Fsp3) is 0.467. The molecule has 1 unspecified atom stereocenters. The SMILES string of the molecule is CC#CCC(C)c1ccc(S(=O)(=O)C(C)C)cc1. The third-order valence-corrected chi connectivity index (χ3v) is 5.15. The van der Waals surface area contributed by atoms with Gasteiger partial charge in [0.15, 0.2) is 9.84 Å². The molecule has 1 atom stereocenters. The van der Waals surface area contributed by atoms with E-state index in [0.717, 1.165) is 12.0 Å². The average Bonchev–Trinajstić information content (AvgIpc) is 2.35. The highest BCUT2D eigenvalue weighted by Gasteiger charge is 2.18. The predicted molar refractivity (Wildman–Crippen MR) is 75.2 cm³/mol. The van der Waals surface area contributed by atoms with Gasteiger partial charge in [0.25, 0.3) is 0 Å². The van der Waals surface area contributed by atoms with E-state index in [1.54, 1.807) is 26.0 Å². The topological polar surface area (TPSA) is 34.1 Å². The van der Waals surface area contributed by atoms with Gasteiger partial charge in [-0.2, -0.15) is 0 Å². The van der Waals surface area contributed by atoms with Gasteiger partial charge in [0.05, 0.1) is 10.1 Å². The summed E-state index contributed by atoms with van der Waals surface area (Å²) >= 11 is 0. The smallest absolute Gasteiger partial charge is 0.180 e. The minimum Gasteiger partial charge on any atom is -0.223 e. The van der Waals surface area contributed by atoms with Crippen LogP contribution in [0, 0.1) is 11.8 Å². The van der Waals surface area contributed by atoms with Crippen LogP contribution in [0.15, 0.2) is 29.2 Å². The van der Waals surface area contributed by atoms with Crippen molar-refractivity contribution in [1.82, 2.24) is 0 Å². The van der Waals surface area contributed by atoms with Crippen molar-refractivity contribution in [2.45, 2.75) is 50.2 Å². The summed E-state index contributed by atoms with van der Waals surface area (Å²) in [6, 6.07) is 7.16. The summed E-state index contributed by atoms with van der Waals surface area (Å²) in [5.41, 5.74) is 1.13. The third kappa shape index (κ3) is 3.36. The quantitative estimate of drug-likeness (QED) is 0.781. The van der Waals surface area contributed by atoms with Crippen LogP contribution >= 0.6 is 0 Å². The lowest BCUT2D eigenvalue weighted by atomic mass is 9.98. The molecule has 1 rings (SSSR count). The zero-order valence-electron chi connectivity index (χ0n) is 11.4. The molecule has 0 N–H and O–H groups in total. The summed E-state index contributed by atoms with van der Waals surface area (Å²) in [5.74, 6) is 6.24. The van der Waals surface area contributed by atoms with Crippen LogP contribution in [0.2, 0.25) is 0 Å². The van der Waals surface area contributed by atoms with Crippen LogP contribution in [0.4, 0.5) is 0 Å². The number of hydrogen-bond donors (Lipinski definition) is 0. The molecule has 0 bridgehead atoms. The summed E-state index contributed by atoms with van der Waals surface area (Å²) in [5, 5.41) is -0.383. The molecule has 0 amide bonds. The maximum absolute atomic E-state index is 12.0. The summed E-state index contributed by atoms with van der Waals surface area (Å²) < 4.78 is 23.9. The van der Waals surface area contributed by atoms with Gasteiger partial charge in [-0.1, -0.05) is 19.1 Å². The van der Waals surface area contributed by atoms with E-state index in [-0.39, 0.29) is 5.25 Å². The molecule has 2 nitrogen and oxygen atoms in total. The van der Waals surface area contributed by atoms with Crippen molar-refractivity contribution >= 4 is 9.84 Å². The summed E-state index contributed by atoms with van der Waals surface area (Å²) in [4.78, 5) is 0.398. The molecular weight excluding hydrogens is 244 g/mol. The van der Waals surface area contributed by atoms with Gasteiger partial charge in [-0.3, -0.25) is 0 Å². The van der Waals surface area contributed by atoms with Crippen LogP contribution in [0.25, 0.3) is 0 Å². The van der Waals surface area contributed by atoms with Gasteiger partial charge in [0.1, 0.15) is 0 Å². The number of hydrogen-bond acceptors (Lipinski definition) is 2. The predicted octanol–water partition coefficient (Wildman–Crippen LogP) is 3.39. The van der Waals surface area contributed by atoms with Crippen molar-refractivity contribution in [3.8, 4) is 11.8 Å². The largest absolute Gasteiger partial charge is 0.223 e. The summed E-state index contributed by atoms with van der Waals surface area (Å²) in [6.07, 6.45) is 0.798. The van der Waals surface area contributed by atoms with Gasteiger partial charge in [0.2, 0.25) is 0 Å². The van der Waals surface area contributed by atoms with Gasteiger partial charge >= 0.3 is 0 Å². The molecule has 1 aromatic rings. The molecule has 0 saturated carbocycles. The fourth-order valence-electron chi connectivity index (χ4n) is 1.63. The Morgan fingerprint density at radius 3 is 2.11 bits per heavy atom. The van der Waals surface area contributed by atoms with Gasteiger partial charge in [-0.05, 0) is 44.4 Å². The highest BCUT2D eigenvalue weighted by molar-refractivity contribution is 7.92. The first-order chi connectivity index (χ1) is 8.39. The second kappa shape index (κ2) is 6.06. The molecule has 0 aliphatic rings. The lowest BCUT2D eigenvalue weighted by Gasteiger charge is -2.11. The molecular formula is C15H20O2S. The summed E-state index contributed by atoms with van der Waals surface area (Å²) in [6.45, 7) is 7.31. The van der Waals surface area contributed by atoms with E-state index in [4.69, 9.17) is 0 Å². The Balaban J connectivity index is 2.96. The van der Waals surface area contributed by atoms with Crippen LogP contribution < -0.4 is 0 Å². The lowest BCUT2D eigenvalue weighted by Crippen LogP contribution is -2.13. The fourth-order valence-corrected chi connectivity index (χ4v) is 2.69. The Hall–Kier alpha value is -1.27. The second-order valence-corrected chi connectivity index (χ2v) is 7.20. The molecule has 0 spiro atoms. The van der Waals surface area contributed by atoms with E-state index in [2.05, 4.69) is 18.8 Å². The van der Waals surface area contributed by atoms with Gasteiger partial charge in [-0.25, -0.2) is 8.42 Å². The highest BCUT2D eigenvalue weighted by atomic mass is 32.2. The van der Waals surface area contributed by atoms with E-state index >= 15 is 0 Å². The van der Waals surface area contributed by atoms with Crippen molar-refractivity contribution in [2.75, 3.05) is 0 Å². The normalized spacial score (nSPS) is 12.9. The Morgan fingerprint density at radius 2 is 1.67 bits per heavy atom. The highest BCUT2D eigenvalue weighted by Crippen LogP contribution is 2.22. The van der Waals surface area contributed by atoms with Gasteiger partial charge in [-0.15, -0.1) is 11.8 Å². The molecule has 18 heavy (non-hydrogen) atoms. The monoisotopic (exact) mass is 264 g/mol. The van der Waals surface area contributed by atoms with Crippen LogP contribution in [0.5, 0.6) is 0 Å². The third-order valence-electron chi connectivity index (χ3n) is 2.98. The Labute approximate surface area is 110 Å². The van der Waals surface area contributed by atoms with E-state index in [1.807, 2.05) is 19.1 Å². The minimum absolute atomic E-state index is 0.327.